The second-order valence-electron chi connectivity index (χ2n) is 4.89. The number of ether oxygens (including phenoxy) is 1. The molecule has 25 heavy (non-hydrogen) atoms. The Hall–Kier alpha value is -2.46. The Morgan fingerprint density at radius 2 is 1.96 bits per heavy atom. The van der Waals surface area contributed by atoms with Crippen LogP contribution in [0.2, 0.25) is 0 Å². The molecule has 10 heteroatoms. The Labute approximate surface area is 147 Å². The van der Waals surface area contributed by atoms with Crippen molar-refractivity contribution in [1.82, 2.24) is 4.98 Å². The monoisotopic (exact) mass is 386 g/mol. The molecule has 0 aliphatic heterocycles. The fourth-order valence-corrected chi connectivity index (χ4v) is 3.60. The van der Waals surface area contributed by atoms with E-state index in [1.807, 2.05) is 6.92 Å². The van der Waals surface area contributed by atoms with Gasteiger partial charge >= 0.3 is 5.97 Å². The van der Waals surface area contributed by atoms with Crippen molar-refractivity contribution in [2.75, 3.05) is 11.9 Å². The van der Waals surface area contributed by atoms with Crippen LogP contribution in [0.25, 0.3) is 10.2 Å². The molecular formula is C15H9F3N2O3S2. The average Bonchev–Trinajstić information content (AvgIpc) is 3.16. The van der Waals surface area contributed by atoms with Crippen molar-refractivity contribution in [3.8, 4) is 0 Å². The molecule has 5 nitrogen and oxygen atoms in total. The van der Waals surface area contributed by atoms with Crippen LogP contribution in [0.1, 0.15) is 14.5 Å². The van der Waals surface area contributed by atoms with Crippen molar-refractivity contribution >= 4 is 49.9 Å². The van der Waals surface area contributed by atoms with Gasteiger partial charge in [0.15, 0.2) is 29.2 Å². The van der Waals surface area contributed by atoms with Gasteiger partial charge < -0.3 is 4.74 Å². The number of rotatable bonds is 4. The molecule has 2 heterocycles. The lowest BCUT2D eigenvalue weighted by molar-refractivity contribution is -0.119. The van der Waals surface area contributed by atoms with Gasteiger partial charge in [0.25, 0.3) is 5.91 Å². The highest BCUT2D eigenvalue weighted by Gasteiger charge is 2.19. The summed E-state index contributed by atoms with van der Waals surface area (Å²) in [5.74, 6) is -5.75. The van der Waals surface area contributed by atoms with E-state index >= 15 is 0 Å². The first-order valence-electron chi connectivity index (χ1n) is 6.82. The van der Waals surface area contributed by atoms with Gasteiger partial charge in [-0.3, -0.25) is 10.1 Å². The van der Waals surface area contributed by atoms with Crippen LogP contribution in [-0.4, -0.2) is 23.5 Å². The fraction of sp³-hybridized carbons (Fsp3) is 0.133. The number of benzene rings is 1. The molecule has 0 radical (unpaired) electrons. The second-order valence-corrected chi connectivity index (χ2v) is 7.21. The highest BCUT2D eigenvalue weighted by Crippen LogP contribution is 2.30. The molecule has 1 amide bonds. The van der Waals surface area contributed by atoms with E-state index in [1.54, 1.807) is 12.1 Å². The summed E-state index contributed by atoms with van der Waals surface area (Å²) in [4.78, 5) is 28.5. The predicted molar refractivity (Wildman–Crippen MR) is 87.5 cm³/mol. The largest absolute Gasteiger partial charge is 0.451 e. The molecule has 0 atom stereocenters. The third kappa shape index (κ3) is 3.64. The average molecular weight is 386 g/mol. The van der Waals surface area contributed by atoms with E-state index in [0.717, 1.165) is 22.3 Å². The van der Waals surface area contributed by atoms with Crippen LogP contribution in [0.4, 0.5) is 18.3 Å². The number of thiophene rings is 1. The summed E-state index contributed by atoms with van der Waals surface area (Å²) >= 11 is 2.00. The molecule has 2 aromatic heterocycles. The molecule has 3 rings (SSSR count). The van der Waals surface area contributed by atoms with Crippen molar-refractivity contribution in [3.05, 3.63) is 45.4 Å². The number of hydrogen-bond donors (Lipinski definition) is 1. The van der Waals surface area contributed by atoms with Crippen LogP contribution >= 0.6 is 22.7 Å². The first-order valence-corrected chi connectivity index (χ1v) is 8.46. The highest BCUT2D eigenvalue weighted by atomic mass is 32.1. The number of amides is 1. The molecule has 0 aliphatic rings. The zero-order valence-corrected chi connectivity index (χ0v) is 14.2. The van der Waals surface area contributed by atoms with Gasteiger partial charge in [-0.2, -0.15) is 0 Å². The minimum Gasteiger partial charge on any atom is -0.451 e. The molecule has 0 spiro atoms. The Bertz CT molecular complexity index is 984. The first-order chi connectivity index (χ1) is 11.8. The molecule has 1 aromatic carbocycles. The number of aromatic nitrogens is 1. The highest BCUT2D eigenvalue weighted by molar-refractivity contribution is 7.22. The SMILES string of the molecule is Cc1ccc(C(=O)OCC(=O)Nc2nc3c(F)c(F)c(F)cc3s2)s1. The predicted octanol–water partition coefficient (Wildman–Crippen LogP) is 3.88. The molecule has 0 aliphatic carbocycles. The number of fused-ring (bicyclic) bond motifs is 1. The molecule has 130 valence electrons. The smallest absolute Gasteiger partial charge is 0.348 e. The number of aryl methyl sites for hydroxylation is 1. The molecule has 1 N–H and O–H groups in total. The summed E-state index contributed by atoms with van der Waals surface area (Å²) in [6, 6.07) is 4.12. The maximum atomic E-state index is 13.6. The molecule has 3 aromatic rings. The number of nitrogens with one attached hydrogen (secondary N) is 1. The van der Waals surface area contributed by atoms with Crippen LogP contribution in [0, 0.1) is 24.4 Å². The van der Waals surface area contributed by atoms with Crippen LogP contribution in [0.5, 0.6) is 0 Å². The summed E-state index contributed by atoms with van der Waals surface area (Å²) in [7, 11) is 0. The zero-order chi connectivity index (χ0) is 18.1. The van der Waals surface area contributed by atoms with E-state index in [-0.39, 0.29) is 15.3 Å². The van der Waals surface area contributed by atoms with E-state index in [0.29, 0.717) is 4.88 Å². The van der Waals surface area contributed by atoms with Gasteiger partial charge in [0.2, 0.25) is 0 Å². The van der Waals surface area contributed by atoms with Crippen molar-refractivity contribution in [2.24, 2.45) is 0 Å². The third-order valence-corrected chi connectivity index (χ3v) is 4.94. The molecule has 0 saturated carbocycles. The van der Waals surface area contributed by atoms with Gasteiger partial charge in [-0.25, -0.2) is 22.9 Å². The number of carbonyl (C=O) groups is 2. The van der Waals surface area contributed by atoms with Crippen molar-refractivity contribution in [2.45, 2.75) is 6.92 Å². The molecular weight excluding hydrogens is 377 g/mol. The summed E-state index contributed by atoms with van der Waals surface area (Å²) in [5, 5.41) is 2.23. The van der Waals surface area contributed by atoms with Crippen molar-refractivity contribution < 1.29 is 27.5 Å². The molecule has 0 bridgehead atoms. The lowest BCUT2D eigenvalue weighted by Gasteiger charge is -2.02. The Kier molecular flexibility index (Phi) is 4.73. The Morgan fingerprint density at radius 3 is 2.64 bits per heavy atom. The van der Waals surface area contributed by atoms with E-state index < -0.39 is 35.9 Å². The number of carbonyl (C=O) groups excluding carboxylic acids is 2. The van der Waals surface area contributed by atoms with Crippen molar-refractivity contribution in [3.63, 3.8) is 0 Å². The summed E-state index contributed by atoms with van der Waals surface area (Å²) in [6.45, 7) is 1.25. The summed E-state index contributed by atoms with van der Waals surface area (Å²) in [5.41, 5.74) is -0.384. The van der Waals surface area contributed by atoms with E-state index in [2.05, 4.69) is 10.3 Å². The van der Waals surface area contributed by atoms with Crippen LogP contribution in [0.15, 0.2) is 18.2 Å². The standard InChI is InChI=1S/C15H9F3N2O3S2/c1-6-2-3-8(24-6)14(22)23-5-10(21)19-15-20-13-9(25-15)4-7(16)11(17)12(13)18/h2-4H,5H2,1H3,(H,19,20,21). The van der Waals surface area contributed by atoms with E-state index in [1.165, 1.54) is 11.3 Å². The number of halogens is 3. The number of nitrogens with zero attached hydrogens (tertiary/aromatic N) is 1. The zero-order valence-electron chi connectivity index (χ0n) is 12.6. The Morgan fingerprint density at radius 1 is 1.20 bits per heavy atom. The van der Waals surface area contributed by atoms with Crippen LogP contribution in [0.3, 0.4) is 0 Å². The summed E-state index contributed by atoms with van der Waals surface area (Å²) < 4.78 is 44.8. The van der Waals surface area contributed by atoms with E-state index in [9.17, 15) is 22.8 Å². The van der Waals surface area contributed by atoms with Gasteiger partial charge in [-0.1, -0.05) is 11.3 Å². The third-order valence-electron chi connectivity index (χ3n) is 3.04. The molecule has 0 unspecified atom stereocenters. The Balaban J connectivity index is 1.66. The van der Waals surface area contributed by atoms with E-state index in [4.69, 9.17) is 4.74 Å². The van der Waals surface area contributed by atoms with Crippen LogP contribution < -0.4 is 5.32 Å². The maximum Gasteiger partial charge on any atom is 0.348 e. The number of esters is 1. The minimum absolute atomic E-state index is 0.0396. The normalized spacial score (nSPS) is 10.9. The maximum absolute atomic E-state index is 13.6. The number of thiazole rings is 1. The second kappa shape index (κ2) is 6.81. The van der Waals surface area contributed by atoms with Gasteiger partial charge in [0.05, 0.1) is 4.70 Å². The first kappa shape index (κ1) is 17.4. The van der Waals surface area contributed by atoms with Gasteiger partial charge in [-0.05, 0) is 25.1 Å². The summed E-state index contributed by atoms with van der Waals surface area (Å²) in [6.07, 6.45) is 0. The number of anilines is 1. The van der Waals surface area contributed by atoms with Crippen molar-refractivity contribution in [1.29, 1.82) is 0 Å². The topological polar surface area (TPSA) is 68.3 Å². The fourth-order valence-electron chi connectivity index (χ4n) is 1.93. The quantitative estimate of drug-likeness (QED) is 0.546. The minimum atomic E-state index is -1.63. The number of hydrogen-bond acceptors (Lipinski definition) is 6. The van der Waals surface area contributed by atoms with Gasteiger partial charge in [0.1, 0.15) is 10.4 Å². The molecule has 0 fully saturated rings. The van der Waals surface area contributed by atoms with Crippen LogP contribution in [-0.2, 0) is 9.53 Å². The molecule has 0 saturated heterocycles. The van der Waals surface area contributed by atoms with Gasteiger partial charge in [-0.15, -0.1) is 11.3 Å². The lowest BCUT2D eigenvalue weighted by Crippen LogP contribution is -2.20. The lowest BCUT2D eigenvalue weighted by atomic mass is 10.3. The van der Waals surface area contributed by atoms with Gasteiger partial charge in [0, 0.05) is 4.88 Å².